The Balaban J connectivity index is 2.29. The van der Waals surface area contributed by atoms with E-state index in [1.165, 1.54) is 10.9 Å². The Morgan fingerprint density at radius 2 is 2.28 bits per heavy atom. The topological polar surface area (TPSA) is 99.8 Å². The third-order valence-electron chi connectivity index (χ3n) is 2.31. The van der Waals surface area contributed by atoms with Crippen molar-refractivity contribution in [2.75, 3.05) is 5.73 Å². The quantitative estimate of drug-likeness (QED) is 0.836. The average Bonchev–Trinajstić information content (AvgIpc) is 2.79. The molecule has 0 atom stereocenters. The van der Waals surface area contributed by atoms with E-state index in [9.17, 15) is 4.79 Å². The van der Waals surface area contributed by atoms with Crippen LogP contribution in [-0.2, 0) is 6.54 Å². The van der Waals surface area contributed by atoms with Crippen LogP contribution >= 0.6 is 11.6 Å². The van der Waals surface area contributed by atoms with E-state index in [2.05, 4.69) is 15.1 Å². The first kappa shape index (κ1) is 12.6. The molecule has 0 amide bonds. The summed E-state index contributed by atoms with van der Waals surface area (Å²) in [5, 5.41) is 3.77. The first-order valence-corrected chi connectivity index (χ1v) is 5.69. The van der Waals surface area contributed by atoms with Gasteiger partial charge in [-0.05, 0) is 0 Å². The Morgan fingerprint density at radius 1 is 1.56 bits per heavy atom. The molecule has 0 spiro atoms. The van der Waals surface area contributed by atoms with Gasteiger partial charge in [0.25, 0.3) is 5.56 Å². The molecule has 0 aliphatic carbocycles. The molecule has 2 N–H and O–H groups in total. The molecular weight excluding hydrogens is 258 g/mol. The van der Waals surface area contributed by atoms with E-state index in [-0.39, 0.29) is 23.3 Å². The summed E-state index contributed by atoms with van der Waals surface area (Å²) in [6, 6.07) is 0. The molecule has 0 saturated heterocycles. The van der Waals surface area contributed by atoms with E-state index >= 15 is 0 Å². The molecule has 0 aliphatic rings. The fraction of sp³-hybridized carbons (Fsp3) is 0.400. The van der Waals surface area contributed by atoms with Crippen LogP contribution in [0.1, 0.15) is 31.5 Å². The molecule has 2 heterocycles. The smallest absolute Gasteiger partial charge is 0.278 e. The minimum atomic E-state index is -0.425. The molecule has 0 unspecified atom stereocenters. The Morgan fingerprint density at radius 3 is 2.89 bits per heavy atom. The van der Waals surface area contributed by atoms with Gasteiger partial charge in [-0.15, -0.1) is 0 Å². The van der Waals surface area contributed by atoms with Crippen molar-refractivity contribution >= 4 is 17.3 Å². The number of nitrogens with zero attached hydrogens (tertiary/aromatic N) is 4. The van der Waals surface area contributed by atoms with Crippen LogP contribution in [0.5, 0.6) is 0 Å². The molecule has 2 rings (SSSR count). The summed E-state index contributed by atoms with van der Waals surface area (Å²) >= 11 is 5.64. The second kappa shape index (κ2) is 4.77. The fourth-order valence-corrected chi connectivity index (χ4v) is 1.44. The van der Waals surface area contributed by atoms with E-state index < -0.39 is 5.56 Å². The molecular formula is C10H12ClN5O2. The molecule has 7 nitrogen and oxygen atoms in total. The Labute approximate surface area is 108 Å². The largest absolute Gasteiger partial charge is 0.392 e. The summed E-state index contributed by atoms with van der Waals surface area (Å²) in [7, 11) is 0. The lowest BCUT2D eigenvalue weighted by Crippen LogP contribution is -2.24. The van der Waals surface area contributed by atoms with Crippen molar-refractivity contribution in [1.82, 2.24) is 19.7 Å². The number of rotatable bonds is 3. The maximum atomic E-state index is 11.8. The van der Waals surface area contributed by atoms with Gasteiger partial charge in [-0.1, -0.05) is 30.6 Å². The number of anilines is 1. The van der Waals surface area contributed by atoms with Crippen LogP contribution in [0.3, 0.4) is 0 Å². The molecule has 18 heavy (non-hydrogen) atoms. The van der Waals surface area contributed by atoms with E-state index in [0.717, 1.165) is 0 Å². The summed E-state index contributed by atoms with van der Waals surface area (Å²) in [6.07, 6.45) is 1.30. The fourth-order valence-electron chi connectivity index (χ4n) is 1.32. The van der Waals surface area contributed by atoms with Crippen molar-refractivity contribution in [3.63, 3.8) is 0 Å². The van der Waals surface area contributed by atoms with Crippen LogP contribution in [0.15, 0.2) is 15.6 Å². The molecule has 0 bridgehead atoms. The van der Waals surface area contributed by atoms with Crippen LogP contribution in [0.4, 0.5) is 5.69 Å². The number of nitrogens with two attached hydrogens (primary N) is 1. The highest BCUT2D eigenvalue weighted by atomic mass is 35.5. The molecule has 0 radical (unpaired) electrons. The predicted molar refractivity (Wildman–Crippen MR) is 65.4 cm³/mol. The van der Waals surface area contributed by atoms with Gasteiger partial charge in [0.05, 0.1) is 12.9 Å². The van der Waals surface area contributed by atoms with Gasteiger partial charge in [0.1, 0.15) is 5.69 Å². The lowest BCUT2D eigenvalue weighted by Gasteiger charge is -2.03. The molecule has 2 aromatic rings. The first-order valence-electron chi connectivity index (χ1n) is 5.32. The van der Waals surface area contributed by atoms with Crippen molar-refractivity contribution in [3.8, 4) is 0 Å². The summed E-state index contributed by atoms with van der Waals surface area (Å²) in [4.78, 5) is 19.7. The van der Waals surface area contributed by atoms with Gasteiger partial charge < -0.3 is 10.3 Å². The summed E-state index contributed by atoms with van der Waals surface area (Å²) < 4.78 is 6.31. The van der Waals surface area contributed by atoms with Crippen LogP contribution in [0.2, 0.25) is 5.15 Å². The van der Waals surface area contributed by atoms with Crippen LogP contribution in [0.25, 0.3) is 0 Å². The normalized spacial score (nSPS) is 11.1. The van der Waals surface area contributed by atoms with Gasteiger partial charge in [-0.2, -0.15) is 4.98 Å². The van der Waals surface area contributed by atoms with E-state index in [1.807, 2.05) is 13.8 Å². The average molecular weight is 270 g/mol. The van der Waals surface area contributed by atoms with Gasteiger partial charge >= 0.3 is 0 Å². The zero-order valence-electron chi connectivity index (χ0n) is 9.92. The molecule has 0 saturated carbocycles. The third-order valence-corrected chi connectivity index (χ3v) is 2.61. The molecule has 0 aromatic carbocycles. The van der Waals surface area contributed by atoms with Crippen LogP contribution in [-0.4, -0.2) is 19.7 Å². The molecule has 8 heteroatoms. The van der Waals surface area contributed by atoms with Gasteiger partial charge in [0, 0.05) is 5.92 Å². The Hall–Kier alpha value is -1.89. The van der Waals surface area contributed by atoms with Crippen molar-refractivity contribution in [1.29, 1.82) is 0 Å². The molecule has 0 fully saturated rings. The van der Waals surface area contributed by atoms with Crippen molar-refractivity contribution in [2.45, 2.75) is 26.3 Å². The van der Waals surface area contributed by atoms with Gasteiger partial charge in [0.2, 0.25) is 5.89 Å². The van der Waals surface area contributed by atoms with Crippen molar-refractivity contribution in [2.24, 2.45) is 0 Å². The SMILES string of the molecule is CC(C)c1nc(Cn2cnc(Cl)c(N)c2=O)no1. The molecule has 96 valence electrons. The monoisotopic (exact) mass is 269 g/mol. The minimum Gasteiger partial charge on any atom is -0.392 e. The lowest BCUT2D eigenvalue weighted by molar-refractivity contribution is 0.359. The summed E-state index contributed by atoms with van der Waals surface area (Å²) in [5.41, 5.74) is 4.98. The van der Waals surface area contributed by atoms with Gasteiger partial charge in [-0.3, -0.25) is 9.36 Å². The Bertz CT molecular complexity index is 619. The van der Waals surface area contributed by atoms with E-state index in [4.69, 9.17) is 21.9 Å². The second-order valence-electron chi connectivity index (χ2n) is 4.09. The predicted octanol–water partition coefficient (Wildman–Crippen LogP) is 1.03. The number of hydrogen-bond acceptors (Lipinski definition) is 6. The van der Waals surface area contributed by atoms with Crippen molar-refractivity contribution in [3.05, 3.63) is 33.5 Å². The summed E-state index contributed by atoms with van der Waals surface area (Å²) in [5.74, 6) is 1.05. The number of hydrogen-bond donors (Lipinski definition) is 1. The highest BCUT2D eigenvalue weighted by Crippen LogP contribution is 2.12. The summed E-state index contributed by atoms with van der Waals surface area (Å²) in [6.45, 7) is 4.01. The zero-order valence-corrected chi connectivity index (χ0v) is 10.7. The third kappa shape index (κ3) is 2.35. The molecule has 2 aromatic heterocycles. The zero-order chi connectivity index (χ0) is 13.3. The standard InChI is InChI=1S/C10H12ClN5O2/c1-5(2)9-14-6(15-18-9)3-16-4-13-8(11)7(12)10(16)17/h4-5H,3,12H2,1-2H3. The molecule has 0 aliphatic heterocycles. The number of halogens is 1. The Kier molecular flexibility index (Phi) is 3.33. The highest BCUT2D eigenvalue weighted by Gasteiger charge is 2.12. The number of aromatic nitrogens is 4. The number of nitrogen functional groups attached to an aromatic ring is 1. The van der Waals surface area contributed by atoms with E-state index in [0.29, 0.717) is 11.7 Å². The van der Waals surface area contributed by atoms with Gasteiger partial charge in [0.15, 0.2) is 11.0 Å². The maximum Gasteiger partial charge on any atom is 0.278 e. The minimum absolute atomic E-state index is 0.00719. The first-order chi connectivity index (χ1) is 8.49. The highest BCUT2D eigenvalue weighted by molar-refractivity contribution is 6.31. The lowest BCUT2D eigenvalue weighted by atomic mass is 10.2. The van der Waals surface area contributed by atoms with Crippen molar-refractivity contribution < 1.29 is 4.52 Å². The maximum absolute atomic E-state index is 11.8. The van der Waals surface area contributed by atoms with Crippen LogP contribution in [0, 0.1) is 0 Å². The van der Waals surface area contributed by atoms with Crippen LogP contribution < -0.4 is 11.3 Å². The second-order valence-corrected chi connectivity index (χ2v) is 4.44. The van der Waals surface area contributed by atoms with E-state index in [1.54, 1.807) is 0 Å². The van der Waals surface area contributed by atoms with Gasteiger partial charge in [-0.25, -0.2) is 4.98 Å².